The second kappa shape index (κ2) is 3.66. The van der Waals surface area contributed by atoms with Crippen LogP contribution in [-0.2, 0) is 4.74 Å². The van der Waals surface area contributed by atoms with Crippen LogP contribution in [0.3, 0.4) is 0 Å². The minimum Gasteiger partial charge on any atom is -0.384 e. The normalized spacial score (nSPS) is 37.2. The third kappa shape index (κ3) is 1.93. The minimum absolute atomic E-state index is 0.0428. The van der Waals surface area contributed by atoms with E-state index in [-0.39, 0.29) is 25.6 Å². The molecule has 2 unspecified atom stereocenters. The van der Waals surface area contributed by atoms with E-state index in [2.05, 4.69) is 0 Å². The summed E-state index contributed by atoms with van der Waals surface area (Å²) >= 11 is 0. The summed E-state index contributed by atoms with van der Waals surface area (Å²) in [4.78, 5) is 0. The van der Waals surface area contributed by atoms with E-state index in [1.807, 2.05) is 6.92 Å². The van der Waals surface area contributed by atoms with E-state index in [0.29, 0.717) is 6.42 Å². The van der Waals surface area contributed by atoms with Crippen LogP contribution in [0.5, 0.6) is 0 Å². The van der Waals surface area contributed by atoms with Gasteiger partial charge in [0.1, 0.15) is 5.60 Å². The monoisotopic (exact) mass is 180 g/mol. The molecular formula is C8H14F2O2. The average molecular weight is 180 g/mol. The highest BCUT2D eigenvalue weighted by Gasteiger charge is 2.42. The lowest BCUT2D eigenvalue weighted by Crippen LogP contribution is -2.46. The molecule has 72 valence electrons. The smallest absolute Gasteiger partial charge is 0.266 e. The molecule has 2 atom stereocenters. The molecule has 1 N–H and O–H groups in total. The van der Waals surface area contributed by atoms with Crippen molar-refractivity contribution in [1.29, 1.82) is 0 Å². The topological polar surface area (TPSA) is 29.5 Å². The highest BCUT2D eigenvalue weighted by atomic mass is 19.3. The standard InChI is InChI=1S/C8H14F2O2/c1-2-6-5-8(11,7(9)10)3-4-12-6/h6-7,11H,2-5H2,1H3. The average Bonchev–Trinajstić information content (AvgIpc) is 2.04. The van der Waals surface area contributed by atoms with Gasteiger partial charge in [-0.05, 0) is 6.42 Å². The molecule has 1 aliphatic heterocycles. The van der Waals surface area contributed by atoms with Crippen LogP contribution in [0, 0.1) is 0 Å². The zero-order chi connectivity index (χ0) is 9.19. The number of hydrogen-bond acceptors (Lipinski definition) is 2. The fourth-order valence-electron chi connectivity index (χ4n) is 1.42. The molecule has 1 aliphatic rings. The molecule has 0 spiro atoms. The van der Waals surface area contributed by atoms with Crippen molar-refractivity contribution in [2.24, 2.45) is 0 Å². The van der Waals surface area contributed by atoms with Crippen molar-refractivity contribution >= 4 is 0 Å². The van der Waals surface area contributed by atoms with E-state index in [4.69, 9.17) is 4.74 Å². The van der Waals surface area contributed by atoms with E-state index in [1.54, 1.807) is 0 Å². The molecule has 2 nitrogen and oxygen atoms in total. The fraction of sp³-hybridized carbons (Fsp3) is 1.00. The maximum atomic E-state index is 12.3. The Labute approximate surface area is 70.5 Å². The Bertz CT molecular complexity index is 152. The molecule has 0 aromatic carbocycles. The Balaban J connectivity index is 2.54. The van der Waals surface area contributed by atoms with Crippen molar-refractivity contribution in [3.63, 3.8) is 0 Å². The van der Waals surface area contributed by atoms with Gasteiger partial charge in [0.25, 0.3) is 6.43 Å². The SMILES string of the molecule is CCC1CC(O)(C(F)F)CCO1. The molecule has 0 amide bonds. The quantitative estimate of drug-likeness (QED) is 0.699. The van der Waals surface area contributed by atoms with Crippen LogP contribution in [0.2, 0.25) is 0 Å². The number of halogens is 2. The van der Waals surface area contributed by atoms with Gasteiger partial charge in [0.2, 0.25) is 0 Å². The van der Waals surface area contributed by atoms with Gasteiger partial charge < -0.3 is 9.84 Å². The molecule has 1 heterocycles. The number of hydrogen-bond donors (Lipinski definition) is 1. The van der Waals surface area contributed by atoms with Crippen molar-refractivity contribution < 1.29 is 18.6 Å². The molecule has 0 bridgehead atoms. The first-order chi connectivity index (χ1) is 5.58. The van der Waals surface area contributed by atoms with Gasteiger partial charge >= 0.3 is 0 Å². The van der Waals surface area contributed by atoms with Gasteiger partial charge in [-0.3, -0.25) is 0 Å². The van der Waals surface area contributed by atoms with Crippen molar-refractivity contribution in [2.45, 2.75) is 44.3 Å². The van der Waals surface area contributed by atoms with Gasteiger partial charge in [-0.25, -0.2) is 8.78 Å². The highest BCUT2D eigenvalue weighted by molar-refractivity contribution is 4.87. The Morgan fingerprint density at radius 1 is 1.67 bits per heavy atom. The van der Waals surface area contributed by atoms with Crippen LogP contribution in [0.1, 0.15) is 26.2 Å². The second-order valence-corrected chi connectivity index (χ2v) is 3.26. The largest absolute Gasteiger partial charge is 0.384 e. The molecule has 0 aromatic heterocycles. The number of rotatable bonds is 2. The zero-order valence-corrected chi connectivity index (χ0v) is 7.09. The molecule has 1 fully saturated rings. The summed E-state index contributed by atoms with van der Waals surface area (Å²) < 4.78 is 29.8. The van der Waals surface area contributed by atoms with E-state index < -0.39 is 12.0 Å². The van der Waals surface area contributed by atoms with Crippen LogP contribution in [0.4, 0.5) is 8.78 Å². The first kappa shape index (κ1) is 9.86. The molecule has 0 radical (unpaired) electrons. The van der Waals surface area contributed by atoms with Crippen LogP contribution in [0.25, 0.3) is 0 Å². The predicted molar refractivity (Wildman–Crippen MR) is 40.2 cm³/mol. The summed E-state index contributed by atoms with van der Waals surface area (Å²) in [6.45, 7) is 2.10. The lowest BCUT2D eigenvalue weighted by Gasteiger charge is -2.35. The van der Waals surface area contributed by atoms with Crippen LogP contribution in [0.15, 0.2) is 0 Å². The lowest BCUT2D eigenvalue weighted by molar-refractivity contribution is -0.169. The van der Waals surface area contributed by atoms with E-state index in [1.165, 1.54) is 0 Å². The van der Waals surface area contributed by atoms with Crippen LogP contribution >= 0.6 is 0 Å². The Morgan fingerprint density at radius 3 is 2.83 bits per heavy atom. The molecule has 4 heteroatoms. The first-order valence-corrected chi connectivity index (χ1v) is 4.20. The van der Waals surface area contributed by atoms with Gasteiger partial charge in [0.05, 0.1) is 6.10 Å². The van der Waals surface area contributed by atoms with Crippen LogP contribution in [-0.4, -0.2) is 29.8 Å². The number of alkyl halides is 2. The Hall–Kier alpha value is -0.220. The lowest BCUT2D eigenvalue weighted by atomic mass is 9.90. The van der Waals surface area contributed by atoms with Crippen molar-refractivity contribution in [1.82, 2.24) is 0 Å². The maximum absolute atomic E-state index is 12.3. The second-order valence-electron chi connectivity index (χ2n) is 3.26. The van der Waals surface area contributed by atoms with Gasteiger partial charge in [0, 0.05) is 19.4 Å². The molecule has 0 saturated carbocycles. The van der Waals surface area contributed by atoms with Crippen LogP contribution < -0.4 is 0 Å². The summed E-state index contributed by atoms with van der Waals surface area (Å²) in [5.41, 5.74) is -1.81. The summed E-state index contributed by atoms with van der Waals surface area (Å²) in [6, 6.07) is 0. The van der Waals surface area contributed by atoms with Gasteiger partial charge in [-0.15, -0.1) is 0 Å². The van der Waals surface area contributed by atoms with E-state index >= 15 is 0 Å². The summed E-state index contributed by atoms with van der Waals surface area (Å²) in [7, 11) is 0. The zero-order valence-electron chi connectivity index (χ0n) is 7.09. The summed E-state index contributed by atoms with van der Waals surface area (Å²) in [6.07, 6.45) is -2.09. The number of ether oxygens (including phenoxy) is 1. The third-order valence-electron chi connectivity index (χ3n) is 2.33. The van der Waals surface area contributed by atoms with Crippen molar-refractivity contribution in [3.8, 4) is 0 Å². The van der Waals surface area contributed by atoms with E-state index in [0.717, 1.165) is 0 Å². The van der Waals surface area contributed by atoms with Gasteiger partial charge in [-0.1, -0.05) is 6.92 Å². The van der Waals surface area contributed by atoms with Crippen molar-refractivity contribution in [3.05, 3.63) is 0 Å². The molecule has 0 aromatic rings. The molecule has 1 saturated heterocycles. The molecule has 0 aliphatic carbocycles. The van der Waals surface area contributed by atoms with Gasteiger partial charge in [-0.2, -0.15) is 0 Å². The molecule has 1 rings (SSSR count). The summed E-state index contributed by atoms with van der Waals surface area (Å²) in [5, 5.41) is 9.42. The first-order valence-electron chi connectivity index (χ1n) is 4.20. The van der Waals surface area contributed by atoms with Crippen molar-refractivity contribution in [2.75, 3.05) is 6.61 Å². The van der Waals surface area contributed by atoms with Gasteiger partial charge in [0.15, 0.2) is 0 Å². The Kier molecular flexibility index (Phi) is 3.01. The fourth-order valence-corrected chi connectivity index (χ4v) is 1.42. The minimum atomic E-state index is -2.66. The molecule has 12 heavy (non-hydrogen) atoms. The summed E-state index contributed by atoms with van der Waals surface area (Å²) in [5.74, 6) is 0. The highest BCUT2D eigenvalue weighted by Crippen LogP contribution is 2.31. The Morgan fingerprint density at radius 2 is 2.33 bits per heavy atom. The third-order valence-corrected chi connectivity index (χ3v) is 2.33. The number of aliphatic hydroxyl groups is 1. The molecular weight excluding hydrogens is 166 g/mol. The predicted octanol–water partition coefficient (Wildman–Crippen LogP) is 1.57. The maximum Gasteiger partial charge on any atom is 0.266 e. The van der Waals surface area contributed by atoms with E-state index in [9.17, 15) is 13.9 Å².